The van der Waals surface area contributed by atoms with Crippen molar-refractivity contribution in [1.82, 2.24) is 0 Å². The van der Waals surface area contributed by atoms with Crippen LogP contribution in [-0.2, 0) is 0 Å². The van der Waals surface area contributed by atoms with E-state index in [1.54, 1.807) is 18.2 Å². The molecule has 0 spiro atoms. The number of halogens is 1. The van der Waals surface area contributed by atoms with E-state index in [0.717, 1.165) is 10.2 Å². The number of carbonyl (C=O) groups is 1. The summed E-state index contributed by atoms with van der Waals surface area (Å²) in [5.74, 6) is 0.379. The van der Waals surface area contributed by atoms with Gasteiger partial charge in [0, 0.05) is 15.7 Å². The van der Waals surface area contributed by atoms with Crippen molar-refractivity contribution in [3.63, 3.8) is 0 Å². The third kappa shape index (κ3) is 3.51. The van der Waals surface area contributed by atoms with Gasteiger partial charge < -0.3 is 15.8 Å². The molecule has 0 radical (unpaired) electrons. The summed E-state index contributed by atoms with van der Waals surface area (Å²) in [7, 11) is 0. The minimum absolute atomic E-state index is 0.210. The number of nitrogens with two attached hydrogens (primary N) is 1. The van der Waals surface area contributed by atoms with Gasteiger partial charge >= 0.3 is 0 Å². The molecule has 0 aliphatic heterocycles. The van der Waals surface area contributed by atoms with Crippen LogP contribution >= 0.6 is 15.9 Å². The van der Waals surface area contributed by atoms with E-state index in [1.165, 1.54) is 0 Å². The van der Waals surface area contributed by atoms with Gasteiger partial charge in [-0.1, -0.05) is 22.0 Å². The summed E-state index contributed by atoms with van der Waals surface area (Å²) in [5.41, 5.74) is 7.51. The van der Waals surface area contributed by atoms with Crippen molar-refractivity contribution < 1.29 is 9.53 Å². The van der Waals surface area contributed by atoms with E-state index in [4.69, 9.17) is 10.5 Å². The van der Waals surface area contributed by atoms with Crippen molar-refractivity contribution in [2.75, 3.05) is 17.7 Å². The molecule has 5 heteroatoms. The number of rotatable bonds is 4. The first-order chi connectivity index (χ1) is 9.60. The fraction of sp³-hybridized carbons (Fsp3) is 0.133. The average molecular weight is 335 g/mol. The van der Waals surface area contributed by atoms with E-state index >= 15 is 0 Å². The van der Waals surface area contributed by atoms with Crippen LogP contribution in [0, 0.1) is 0 Å². The molecule has 0 atom stereocenters. The lowest BCUT2D eigenvalue weighted by Gasteiger charge is -2.09. The molecule has 0 saturated carbocycles. The second-order valence-corrected chi connectivity index (χ2v) is 5.07. The predicted molar refractivity (Wildman–Crippen MR) is 84.1 cm³/mol. The van der Waals surface area contributed by atoms with Gasteiger partial charge in [0.2, 0.25) is 0 Å². The Bertz CT molecular complexity index is 629. The first kappa shape index (κ1) is 14.4. The molecule has 0 aromatic heterocycles. The lowest BCUT2D eigenvalue weighted by atomic mass is 10.1. The lowest BCUT2D eigenvalue weighted by Crippen LogP contribution is -2.12. The van der Waals surface area contributed by atoms with E-state index < -0.39 is 0 Å². The number of nitrogens with one attached hydrogen (secondary N) is 1. The number of hydrogen-bond acceptors (Lipinski definition) is 3. The van der Waals surface area contributed by atoms with Crippen molar-refractivity contribution in [2.45, 2.75) is 6.92 Å². The largest absolute Gasteiger partial charge is 0.492 e. The lowest BCUT2D eigenvalue weighted by molar-refractivity contribution is 0.102. The number of amides is 1. The molecule has 0 fully saturated rings. The highest BCUT2D eigenvalue weighted by Gasteiger charge is 2.09. The maximum Gasteiger partial charge on any atom is 0.255 e. The van der Waals surface area contributed by atoms with Gasteiger partial charge in [-0.05, 0) is 43.3 Å². The smallest absolute Gasteiger partial charge is 0.255 e. The van der Waals surface area contributed by atoms with E-state index in [1.807, 2.05) is 31.2 Å². The Morgan fingerprint density at radius 3 is 2.75 bits per heavy atom. The van der Waals surface area contributed by atoms with Crippen LogP contribution in [0.5, 0.6) is 5.75 Å². The fourth-order valence-electron chi connectivity index (χ4n) is 1.75. The Kier molecular flexibility index (Phi) is 4.63. The summed E-state index contributed by atoms with van der Waals surface area (Å²) in [6, 6.07) is 12.4. The number of carbonyl (C=O) groups excluding carboxylic acids is 1. The zero-order chi connectivity index (χ0) is 14.5. The van der Waals surface area contributed by atoms with Gasteiger partial charge in [0.1, 0.15) is 5.75 Å². The van der Waals surface area contributed by atoms with Crippen molar-refractivity contribution in [2.24, 2.45) is 0 Å². The first-order valence-corrected chi connectivity index (χ1v) is 6.98. The first-order valence-electron chi connectivity index (χ1n) is 6.19. The SMILES string of the molecule is CCOc1ccc(C(=O)Nc2cccc(Br)c2)cc1N. The van der Waals surface area contributed by atoms with Crippen LogP contribution in [-0.4, -0.2) is 12.5 Å². The van der Waals surface area contributed by atoms with Gasteiger partial charge in [-0.15, -0.1) is 0 Å². The molecule has 2 rings (SSSR count). The van der Waals surface area contributed by atoms with Crippen molar-refractivity contribution in [3.05, 3.63) is 52.5 Å². The molecular formula is C15H15BrN2O2. The molecule has 4 nitrogen and oxygen atoms in total. The second kappa shape index (κ2) is 6.43. The Labute approximate surface area is 126 Å². The summed E-state index contributed by atoms with van der Waals surface area (Å²) < 4.78 is 6.25. The highest BCUT2D eigenvalue weighted by Crippen LogP contribution is 2.23. The predicted octanol–water partition coefficient (Wildman–Crippen LogP) is 3.68. The maximum absolute atomic E-state index is 12.1. The van der Waals surface area contributed by atoms with Crippen LogP contribution < -0.4 is 15.8 Å². The quantitative estimate of drug-likeness (QED) is 0.838. The van der Waals surface area contributed by atoms with Gasteiger partial charge in [-0.2, -0.15) is 0 Å². The summed E-state index contributed by atoms with van der Waals surface area (Å²) in [5, 5.41) is 2.81. The fourth-order valence-corrected chi connectivity index (χ4v) is 2.15. The number of hydrogen-bond donors (Lipinski definition) is 2. The molecule has 20 heavy (non-hydrogen) atoms. The van der Waals surface area contributed by atoms with Crippen molar-refractivity contribution >= 4 is 33.2 Å². The minimum atomic E-state index is -0.210. The van der Waals surface area contributed by atoms with Crippen LogP contribution in [0.2, 0.25) is 0 Å². The second-order valence-electron chi connectivity index (χ2n) is 4.15. The number of anilines is 2. The molecule has 0 saturated heterocycles. The standard InChI is InChI=1S/C15H15BrN2O2/c1-2-20-14-7-6-10(8-13(14)17)15(19)18-12-5-3-4-11(16)9-12/h3-9H,2,17H2,1H3,(H,18,19). The molecule has 0 aliphatic carbocycles. The van der Waals surface area contributed by atoms with E-state index in [-0.39, 0.29) is 5.91 Å². The zero-order valence-corrected chi connectivity index (χ0v) is 12.6. The van der Waals surface area contributed by atoms with E-state index in [9.17, 15) is 4.79 Å². The Hall–Kier alpha value is -2.01. The molecule has 0 aliphatic rings. The summed E-state index contributed by atoms with van der Waals surface area (Å²) in [4.78, 5) is 12.1. The minimum Gasteiger partial charge on any atom is -0.492 e. The molecule has 2 aromatic rings. The van der Waals surface area contributed by atoms with Crippen molar-refractivity contribution in [3.8, 4) is 5.75 Å². The number of nitrogen functional groups attached to an aromatic ring is 1. The molecule has 3 N–H and O–H groups in total. The molecule has 0 unspecified atom stereocenters. The maximum atomic E-state index is 12.1. The third-order valence-corrected chi connectivity index (χ3v) is 3.15. The molecular weight excluding hydrogens is 320 g/mol. The molecule has 0 heterocycles. The van der Waals surface area contributed by atoms with Crippen LogP contribution in [0.25, 0.3) is 0 Å². The van der Waals surface area contributed by atoms with Crippen LogP contribution in [0.1, 0.15) is 17.3 Å². The monoisotopic (exact) mass is 334 g/mol. The highest BCUT2D eigenvalue weighted by atomic mass is 79.9. The van der Waals surface area contributed by atoms with Gasteiger partial charge in [-0.25, -0.2) is 0 Å². The topological polar surface area (TPSA) is 64.3 Å². The summed E-state index contributed by atoms with van der Waals surface area (Å²) in [6.45, 7) is 2.42. The van der Waals surface area contributed by atoms with E-state index in [2.05, 4.69) is 21.2 Å². The van der Waals surface area contributed by atoms with Crippen LogP contribution in [0.15, 0.2) is 46.9 Å². The third-order valence-electron chi connectivity index (χ3n) is 2.65. The van der Waals surface area contributed by atoms with Crippen LogP contribution in [0.4, 0.5) is 11.4 Å². The average Bonchev–Trinajstić information content (AvgIpc) is 2.41. The Morgan fingerprint density at radius 1 is 1.30 bits per heavy atom. The summed E-state index contributed by atoms with van der Waals surface area (Å²) in [6.07, 6.45) is 0. The van der Waals surface area contributed by atoms with Gasteiger partial charge in [0.05, 0.1) is 12.3 Å². The Morgan fingerprint density at radius 2 is 2.10 bits per heavy atom. The van der Waals surface area contributed by atoms with Gasteiger partial charge in [-0.3, -0.25) is 4.79 Å². The van der Waals surface area contributed by atoms with E-state index in [0.29, 0.717) is 23.6 Å². The van der Waals surface area contributed by atoms with Crippen LogP contribution in [0.3, 0.4) is 0 Å². The number of benzene rings is 2. The zero-order valence-electron chi connectivity index (χ0n) is 11.0. The van der Waals surface area contributed by atoms with Gasteiger partial charge in [0.25, 0.3) is 5.91 Å². The molecule has 0 bridgehead atoms. The number of ether oxygens (including phenoxy) is 1. The molecule has 104 valence electrons. The highest BCUT2D eigenvalue weighted by molar-refractivity contribution is 9.10. The Balaban J connectivity index is 2.15. The summed E-state index contributed by atoms with van der Waals surface area (Å²) >= 11 is 3.36. The molecule has 2 aromatic carbocycles. The normalized spacial score (nSPS) is 10.1. The molecule has 1 amide bonds. The van der Waals surface area contributed by atoms with Gasteiger partial charge in [0.15, 0.2) is 0 Å². The van der Waals surface area contributed by atoms with Crippen molar-refractivity contribution in [1.29, 1.82) is 0 Å².